The Morgan fingerprint density at radius 3 is 2.50 bits per heavy atom. The summed E-state index contributed by atoms with van der Waals surface area (Å²) in [6.07, 6.45) is 1.42. The van der Waals surface area contributed by atoms with E-state index in [1.807, 2.05) is 24.3 Å². The van der Waals surface area contributed by atoms with Gasteiger partial charge in [-0.2, -0.15) is 13.5 Å². The number of nitrogens with one attached hydrogen (secondary N) is 1. The quantitative estimate of drug-likeness (QED) is 0.336. The van der Waals surface area contributed by atoms with Gasteiger partial charge in [-0.1, -0.05) is 42.1 Å². The molecule has 1 N–H and O–H groups in total. The summed E-state index contributed by atoms with van der Waals surface area (Å²) in [7, 11) is -2.60. The van der Waals surface area contributed by atoms with E-state index in [1.54, 1.807) is 31.2 Å². The smallest absolute Gasteiger partial charge is 0.339 e. The molecule has 1 aliphatic rings. The SMILES string of the molecule is COc1ccc(S(=O)(=O)Oc2ccc3ccccc3c2C=NN=C2NC(=O)[C@H](C)S2)cc1. The minimum Gasteiger partial charge on any atom is -0.497 e. The van der Waals surface area contributed by atoms with Gasteiger partial charge in [0.2, 0.25) is 5.91 Å². The van der Waals surface area contributed by atoms with Gasteiger partial charge in [0.05, 0.1) is 18.6 Å². The molecule has 164 valence electrons. The van der Waals surface area contributed by atoms with Crippen molar-refractivity contribution in [3.8, 4) is 11.5 Å². The summed E-state index contributed by atoms with van der Waals surface area (Å²) in [6.45, 7) is 1.77. The molecule has 0 aromatic heterocycles. The average molecular weight is 470 g/mol. The summed E-state index contributed by atoms with van der Waals surface area (Å²) in [4.78, 5) is 11.6. The van der Waals surface area contributed by atoms with Crippen LogP contribution in [-0.2, 0) is 14.9 Å². The van der Waals surface area contributed by atoms with Gasteiger partial charge in [0, 0.05) is 5.56 Å². The van der Waals surface area contributed by atoms with Crippen LogP contribution in [0.5, 0.6) is 11.5 Å². The largest absolute Gasteiger partial charge is 0.497 e. The number of nitrogens with zero attached hydrogens (tertiary/aromatic N) is 2. The number of carbonyl (C=O) groups excluding carboxylic acids is 1. The number of rotatable bonds is 6. The molecular weight excluding hydrogens is 450 g/mol. The lowest BCUT2D eigenvalue weighted by Crippen LogP contribution is -2.23. The van der Waals surface area contributed by atoms with Gasteiger partial charge in [0.25, 0.3) is 0 Å². The van der Waals surface area contributed by atoms with Crippen LogP contribution >= 0.6 is 11.8 Å². The fourth-order valence-corrected chi connectivity index (χ4v) is 4.74. The summed E-state index contributed by atoms with van der Waals surface area (Å²) in [5.74, 6) is 0.511. The van der Waals surface area contributed by atoms with Crippen LogP contribution in [0.2, 0.25) is 0 Å². The van der Waals surface area contributed by atoms with Crippen molar-refractivity contribution in [2.24, 2.45) is 10.2 Å². The second kappa shape index (κ2) is 9.01. The highest BCUT2D eigenvalue weighted by atomic mass is 32.2. The maximum atomic E-state index is 12.9. The van der Waals surface area contributed by atoms with Crippen molar-refractivity contribution in [1.29, 1.82) is 0 Å². The lowest BCUT2D eigenvalue weighted by atomic mass is 10.0. The number of carbonyl (C=O) groups is 1. The summed E-state index contributed by atoms with van der Waals surface area (Å²) in [6, 6.07) is 16.7. The Morgan fingerprint density at radius 1 is 1.06 bits per heavy atom. The Hall–Kier alpha value is -3.37. The van der Waals surface area contributed by atoms with Crippen LogP contribution in [0.15, 0.2) is 75.8 Å². The summed E-state index contributed by atoms with van der Waals surface area (Å²) >= 11 is 1.27. The van der Waals surface area contributed by atoms with E-state index in [-0.39, 0.29) is 21.8 Å². The maximum Gasteiger partial charge on any atom is 0.339 e. The lowest BCUT2D eigenvalue weighted by Gasteiger charge is -2.12. The minimum atomic E-state index is -4.10. The lowest BCUT2D eigenvalue weighted by molar-refractivity contribution is -0.118. The maximum absolute atomic E-state index is 12.9. The van der Waals surface area contributed by atoms with Crippen LogP contribution in [0.1, 0.15) is 12.5 Å². The third-order valence-corrected chi connectivity index (χ3v) is 6.92. The van der Waals surface area contributed by atoms with Gasteiger partial charge in [-0.15, -0.1) is 5.10 Å². The first-order valence-corrected chi connectivity index (χ1v) is 11.8. The molecule has 3 aromatic carbocycles. The summed E-state index contributed by atoms with van der Waals surface area (Å²) in [5.41, 5.74) is 0.451. The zero-order valence-electron chi connectivity index (χ0n) is 17.2. The molecule has 1 amide bonds. The average Bonchev–Trinajstić information content (AvgIpc) is 3.12. The van der Waals surface area contributed by atoms with Crippen molar-refractivity contribution in [2.75, 3.05) is 7.11 Å². The predicted octanol–water partition coefficient (Wildman–Crippen LogP) is 3.56. The first-order chi connectivity index (χ1) is 15.4. The van der Waals surface area contributed by atoms with Crippen LogP contribution < -0.4 is 14.2 Å². The first kappa shape index (κ1) is 21.8. The van der Waals surface area contributed by atoms with Crippen molar-refractivity contribution < 1.29 is 22.1 Å². The van der Waals surface area contributed by atoms with Crippen molar-refractivity contribution in [1.82, 2.24) is 5.32 Å². The van der Waals surface area contributed by atoms with Crippen molar-refractivity contribution in [3.05, 3.63) is 66.2 Å². The van der Waals surface area contributed by atoms with Crippen molar-refractivity contribution >= 4 is 49.9 Å². The Balaban J connectivity index is 1.70. The highest BCUT2D eigenvalue weighted by Gasteiger charge is 2.25. The number of thioether (sulfide) groups is 1. The minimum absolute atomic E-state index is 0.00588. The Labute approximate surface area is 189 Å². The number of benzene rings is 3. The van der Waals surface area contributed by atoms with Gasteiger partial charge in [0.15, 0.2) is 10.9 Å². The molecule has 1 atom stereocenters. The highest BCUT2D eigenvalue weighted by molar-refractivity contribution is 8.15. The molecule has 1 aliphatic heterocycles. The van der Waals surface area contributed by atoms with E-state index in [1.165, 1.54) is 37.2 Å². The summed E-state index contributed by atoms with van der Waals surface area (Å²) < 4.78 is 36.3. The molecule has 0 unspecified atom stereocenters. The third kappa shape index (κ3) is 4.61. The van der Waals surface area contributed by atoms with Crippen LogP contribution in [-0.4, -0.2) is 38.1 Å². The molecule has 1 heterocycles. The molecule has 8 nitrogen and oxygen atoms in total. The van der Waals surface area contributed by atoms with Gasteiger partial charge >= 0.3 is 10.1 Å². The van der Waals surface area contributed by atoms with E-state index < -0.39 is 10.1 Å². The Bertz CT molecular complexity index is 1340. The molecule has 32 heavy (non-hydrogen) atoms. The third-order valence-electron chi connectivity index (χ3n) is 4.70. The van der Waals surface area contributed by atoms with Crippen LogP contribution in [0, 0.1) is 0 Å². The second-order valence-corrected chi connectivity index (χ2v) is 9.69. The van der Waals surface area contributed by atoms with Crippen LogP contribution in [0.3, 0.4) is 0 Å². The zero-order chi connectivity index (χ0) is 22.7. The standard InChI is InChI=1S/C22H19N3O5S2/c1-14-21(26)24-22(31-14)25-23-13-19-18-6-4-3-5-15(18)7-12-20(19)30-32(27,28)17-10-8-16(29-2)9-11-17/h3-14H,1-2H3,(H,24,25,26)/t14-/m0/s1. The molecule has 3 aromatic rings. The van der Waals surface area contributed by atoms with Gasteiger partial charge < -0.3 is 14.2 Å². The van der Waals surface area contributed by atoms with Gasteiger partial charge in [-0.25, -0.2) is 0 Å². The van der Waals surface area contributed by atoms with E-state index >= 15 is 0 Å². The van der Waals surface area contributed by atoms with Crippen LogP contribution in [0.4, 0.5) is 0 Å². The molecule has 0 radical (unpaired) electrons. The van der Waals surface area contributed by atoms with E-state index in [9.17, 15) is 13.2 Å². The monoisotopic (exact) mass is 469 g/mol. The Kier molecular flexibility index (Phi) is 6.15. The molecule has 0 bridgehead atoms. The van der Waals surface area contributed by atoms with E-state index in [4.69, 9.17) is 8.92 Å². The molecule has 0 aliphatic carbocycles. The number of fused-ring (bicyclic) bond motifs is 1. The number of amides is 1. The Morgan fingerprint density at radius 2 is 1.81 bits per heavy atom. The first-order valence-electron chi connectivity index (χ1n) is 9.56. The molecule has 10 heteroatoms. The van der Waals surface area contributed by atoms with Crippen molar-refractivity contribution in [3.63, 3.8) is 0 Å². The van der Waals surface area contributed by atoms with Gasteiger partial charge in [0.1, 0.15) is 10.6 Å². The van der Waals surface area contributed by atoms with Gasteiger partial charge in [-0.3, -0.25) is 4.79 Å². The number of methoxy groups -OCH3 is 1. The molecule has 1 fully saturated rings. The van der Waals surface area contributed by atoms with Gasteiger partial charge in [-0.05, 0) is 48.0 Å². The highest BCUT2D eigenvalue weighted by Crippen LogP contribution is 2.30. The molecule has 0 spiro atoms. The number of ether oxygens (including phenoxy) is 1. The number of hydrogen-bond donors (Lipinski definition) is 1. The predicted molar refractivity (Wildman–Crippen MR) is 125 cm³/mol. The number of hydrogen-bond acceptors (Lipinski definition) is 8. The second-order valence-electron chi connectivity index (χ2n) is 6.81. The van der Waals surface area contributed by atoms with E-state index in [0.29, 0.717) is 16.5 Å². The van der Waals surface area contributed by atoms with Crippen LogP contribution in [0.25, 0.3) is 10.8 Å². The van der Waals surface area contributed by atoms with E-state index in [2.05, 4.69) is 15.5 Å². The van der Waals surface area contributed by atoms with E-state index in [0.717, 1.165) is 10.8 Å². The molecular formula is C22H19N3O5S2. The molecule has 1 saturated heterocycles. The number of amidine groups is 1. The molecule has 0 saturated carbocycles. The van der Waals surface area contributed by atoms with Crippen molar-refractivity contribution in [2.45, 2.75) is 17.1 Å². The fourth-order valence-electron chi connectivity index (χ4n) is 3.04. The topological polar surface area (TPSA) is 106 Å². The summed E-state index contributed by atoms with van der Waals surface area (Å²) in [5, 5.41) is 12.5. The zero-order valence-corrected chi connectivity index (χ0v) is 18.8. The fraction of sp³-hybridized carbons (Fsp3) is 0.136. The molecule has 4 rings (SSSR count). The normalized spacial score (nSPS) is 17.8.